The van der Waals surface area contributed by atoms with Crippen molar-refractivity contribution >= 4 is 5.91 Å². The lowest BCUT2D eigenvalue weighted by atomic mass is 9.73. The van der Waals surface area contributed by atoms with Crippen molar-refractivity contribution in [3.63, 3.8) is 0 Å². The Morgan fingerprint density at radius 3 is 3.15 bits per heavy atom. The van der Waals surface area contributed by atoms with Gasteiger partial charge in [0.15, 0.2) is 0 Å². The maximum absolute atomic E-state index is 11.4. The number of hydrogen-bond donors (Lipinski definition) is 2. The van der Waals surface area contributed by atoms with Gasteiger partial charge in [-0.15, -0.1) is 0 Å². The van der Waals surface area contributed by atoms with Gasteiger partial charge in [0.25, 0.3) is 5.91 Å². The highest BCUT2D eigenvalue weighted by atomic mass is 16.6. The predicted molar refractivity (Wildman–Crippen MR) is 44.0 cm³/mol. The van der Waals surface area contributed by atoms with Gasteiger partial charge >= 0.3 is 0 Å². The fourth-order valence-electron chi connectivity index (χ4n) is 2.72. The van der Waals surface area contributed by atoms with Gasteiger partial charge in [0.1, 0.15) is 5.60 Å². The first kappa shape index (κ1) is 7.76. The Hall–Kier alpha value is -0.610. The number of carbonyl (C=O) groups is 1. The van der Waals surface area contributed by atoms with Crippen LogP contribution in [0.2, 0.25) is 0 Å². The normalized spacial score (nSPS) is 58.2. The molecule has 2 N–H and O–H groups in total. The van der Waals surface area contributed by atoms with Gasteiger partial charge < -0.3 is 15.2 Å². The average Bonchev–Trinajstić information content (AvgIpc) is 2.62. The molecular formula is C9H13NO3. The lowest BCUT2D eigenvalue weighted by Crippen LogP contribution is -2.48. The van der Waals surface area contributed by atoms with Crippen molar-refractivity contribution in [2.75, 3.05) is 6.54 Å². The Morgan fingerprint density at radius 1 is 1.62 bits per heavy atom. The van der Waals surface area contributed by atoms with E-state index < -0.39 is 5.60 Å². The third kappa shape index (κ3) is 0.802. The summed E-state index contributed by atoms with van der Waals surface area (Å²) < 4.78 is 5.48. The van der Waals surface area contributed by atoms with E-state index >= 15 is 0 Å². The zero-order valence-electron chi connectivity index (χ0n) is 7.54. The van der Waals surface area contributed by atoms with E-state index in [1.54, 1.807) is 0 Å². The maximum Gasteiger partial charge on any atom is 0.252 e. The van der Waals surface area contributed by atoms with Crippen molar-refractivity contribution in [1.82, 2.24) is 5.32 Å². The van der Waals surface area contributed by atoms with Gasteiger partial charge in [-0.05, 0) is 13.3 Å². The average molecular weight is 183 g/mol. The zero-order chi connectivity index (χ0) is 9.27. The number of aliphatic hydroxyl groups is 1. The van der Waals surface area contributed by atoms with E-state index in [4.69, 9.17) is 4.74 Å². The summed E-state index contributed by atoms with van der Waals surface area (Å²) in [6.45, 7) is 2.65. The lowest BCUT2D eigenvalue weighted by molar-refractivity contribution is -0.140. The molecule has 1 aliphatic carbocycles. The summed E-state index contributed by atoms with van der Waals surface area (Å²) in [6, 6.07) is 0. The van der Waals surface area contributed by atoms with Crippen LogP contribution >= 0.6 is 0 Å². The van der Waals surface area contributed by atoms with Crippen molar-refractivity contribution in [2.45, 2.75) is 37.1 Å². The second-order valence-electron chi connectivity index (χ2n) is 4.66. The molecule has 72 valence electrons. The van der Waals surface area contributed by atoms with E-state index in [0.29, 0.717) is 13.0 Å². The summed E-state index contributed by atoms with van der Waals surface area (Å²) in [5, 5.41) is 12.8. The molecule has 2 aliphatic heterocycles. The monoisotopic (exact) mass is 183 g/mol. The van der Waals surface area contributed by atoms with Gasteiger partial charge in [-0.25, -0.2) is 0 Å². The molecule has 4 heteroatoms. The summed E-state index contributed by atoms with van der Waals surface area (Å²) in [4.78, 5) is 11.4. The van der Waals surface area contributed by atoms with Crippen molar-refractivity contribution in [3.8, 4) is 0 Å². The highest BCUT2D eigenvalue weighted by Gasteiger charge is 2.66. The Kier molecular flexibility index (Phi) is 1.14. The minimum atomic E-state index is -1.14. The topological polar surface area (TPSA) is 61.9 Å². The summed E-state index contributed by atoms with van der Waals surface area (Å²) >= 11 is 0. The first-order chi connectivity index (χ1) is 6.05. The number of amides is 1. The highest BCUT2D eigenvalue weighted by Crippen LogP contribution is 2.54. The van der Waals surface area contributed by atoms with E-state index in [1.807, 2.05) is 0 Å². The largest absolute Gasteiger partial charge is 0.380 e. The molecule has 3 fully saturated rings. The van der Waals surface area contributed by atoms with Crippen molar-refractivity contribution in [2.24, 2.45) is 5.92 Å². The van der Waals surface area contributed by atoms with Crippen molar-refractivity contribution in [1.29, 1.82) is 0 Å². The fraction of sp³-hybridized carbons (Fsp3) is 0.889. The molecular weight excluding hydrogens is 170 g/mol. The van der Waals surface area contributed by atoms with Crippen LogP contribution in [0.3, 0.4) is 0 Å². The van der Waals surface area contributed by atoms with Crippen molar-refractivity contribution in [3.05, 3.63) is 0 Å². The first-order valence-corrected chi connectivity index (χ1v) is 4.73. The number of ether oxygens (including phenoxy) is 1. The van der Waals surface area contributed by atoms with Crippen LogP contribution in [0, 0.1) is 5.92 Å². The van der Waals surface area contributed by atoms with E-state index in [2.05, 4.69) is 12.2 Å². The number of fused-ring (bicyclic) bond motifs is 2. The van der Waals surface area contributed by atoms with Crippen LogP contribution in [-0.2, 0) is 9.53 Å². The fourth-order valence-corrected chi connectivity index (χ4v) is 2.72. The Bertz CT molecular complexity index is 293. The summed E-state index contributed by atoms with van der Waals surface area (Å²) in [5.74, 6) is -0.168. The molecule has 0 radical (unpaired) electrons. The smallest absolute Gasteiger partial charge is 0.252 e. The van der Waals surface area contributed by atoms with Crippen LogP contribution < -0.4 is 5.32 Å². The number of hydrogen-bond acceptors (Lipinski definition) is 3. The molecule has 4 nitrogen and oxygen atoms in total. The molecule has 1 saturated carbocycles. The van der Waals surface area contributed by atoms with E-state index in [9.17, 15) is 9.90 Å². The number of carbonyl (C=O) groups excluding carboxylic acids is 1. The van der Waals surface area contributed by atoms with Crippen LogP contribution in [0.25, 0.3) is 0 Å². The molecule has 2 unspecified atom stereocenters. The molecule has 4 atom stereocenters. The molecule has 0 bridgehead atoms. The molecule has 3 rings (SSSR count). The minimum absolute atomic E-state index is 0.0451. The first-order valence-electron chi connectivity index (χ1n) is 4.73. The quantitative estimate of drug-likeness (QED) is 0.494. The van der Waals surface area contributed by atoms with Crippen LogP contribution in [-0.4, -0.2) is 34.9 Å². The molecule has 0 aromatic heterocycles. The van der Waals surface area contributed by atoms with Gasteiger partial charge in [-0.2, -0.15) is 0 Å². The maximum atomic E-state index is 11.4. The van der Waals surface area contributed by atoms with E-state index in [1.165, 1.54) is 0 Å². The van der Waals surface area contributed by atoms with Gasteiger partial charge in [-0.1, -0.05) is 0 Å². The Balaban J connectivity index is 1.93. The molecule has 0 aromatic carbocycles. The second kappa shape index (κ2) is 1.91. The van der Waals surface area contributed by atoms with Crippen molar-refractivity contribution < 1.29 is 14.6 Å². The number of epoxide rings is 1. The zero-order valence-corrected chi connectivity index (χ0v) is 7.54. The van der Waals surface area contributed by atoms with Crippen LogP contribution in [0.1, 0.15) is 19.8 Å². The van der Waals surface area contributed by atoms with Gasteiger partial charge in [-0.3, -0.25) is 4.79 Å². The SMILES string of the molecule is CC12C[C@H]3CNC(=O)[C@@]3(O)CC1O2. The lowest BCUT2D eigenvalue weighted by Gasteiger charge is -2.31. The summed E-state index contributed by atoms with van der Waals surface area (Å²) in [7, 11) is 0. The van der Waals surface area contributed by atoms with E-state index in [-0.39, 0.29) is 23.5 Å². The molecule has 0 spiro atoms. The molecule has 0 aromatic rings. The van der Waals surface area contributed by atoms with Gasteiger partial charge in [0.2, 0.25) is 0 Å². The molecule has 2 heterocycles. The van der Waals surface area contributed by atoms with Crippen LogP contribution in [0.4, 0.5) is 0 Å². The highest BCUT2D eigenvalue weighted by molar-refractivity contribution is 5.88. The summed E-state index contributed by atoms with van der Waals surface area (Å²) in [5.41, 5.74) is -1.19. The minimum Gasteiger partial charge on any atom is -0.380 e. The standard InChI is InChI=1S/C9H13NO3/c1-8-2-5-4-10-7(11)9(5,12)3-6(8)13-8/h5-6,12H,2-4H2,1H3,(H,10,11)/t5-,6?,8?,9+/m0/s1. The Labute approximate surface area is 76.3 Å². The third-order valence-electron chi connectivity index (χ3n) is 3.76. The summed E-state index contributed by atoms with van der Waals surface area (Å²) in [6.07, 6.45) is 1.37. The number of nitrogens with one attached hydrogen (secondary N) is 1. The predicted octanol–water partition coefficient (Wildman–Crippen LogP) is -0.585. The van der Waals surface area contributed by atoms with Gasteiger partial charge in [0, 0.05) is 18.9 Å². The van der Waals surface area contributed by atoms with E-state index in [0.717, 1.165) is 6.42 Å². The molecule has 1 amide bonds. The third-order valence-corrected chi connectivity index (χ3v) is 3.76. The second-order valence-corrected chi connectivity index (χ2v) is 4.66. The Morgan fingerprint density at radius 2 is 2.38 bits per heavy atom. The van der Waals surface area contributed by atoms with Crippen LogP contribution in [0.5, 0.6) is 0 Å². The van der Waals surface area contributed by atoms with Gasteiger partial charge in [0.05, 0.1) is 11.7 Å². The molecule has 3 aliphatic rings. The molecule has 13 heavy (non-hydrogen) atoms. The number of rotatable bonds is 0. The van der Waals surface area contributed by atoms with Crippen LogP contribution in [0.15, 0.2) is 0 Å². The molecule has 2 saturated heterocycles.